The van der Waals surface area contributed by atoms with Crippen molar-refractivity contribution in [3.05, 3.63) is 33.3 Å². The molecule has 1 nitrogen and oxygen atoms in total. The molecule has 13 heavy (non-hydrogen) atoms. The van der Waals surface area contributed by atoms with Gasteiger partial charge in [-0.05, 0) is 24.6 Å². The lowest BCUT2D eigenvalue weighted by molar-refractivity contribution is 0.102. The van der Waals surface area contributed by atoms with Gasteiger partial charge in [0.15, 0.2) is 5.78 Å². The van der Waals surface area contributed by atoms with Crippen LogP contribution in [0.15, 0.2) is 12.1 Å². The molecule has 4 heteroatoms. The highest BCUT2D eigenvalue weighted by Gasteiger charge is 2.11. The van der Waals surface area contributed by atoms with Gasteiger partial charge in [0, 0.05) is 15.6 Å². The van der Waals surface area contributed by atoms with Crippen molar-refractivity contribution < 1.29 is 4.79 Å². The number of hydrogen-bond donors (Lipinski definition) is 0. The van der Waals surface area contributed by atoms with Gasteiger partial charge >= 0.3 is 0 Å². The van der Waals surface area contributed by atoms with Crippen LogP contribution in [0, 0.1) is 6.92 Å². The minimum absolute atomic E-state index is 0.0121. The summed E-state index contributed by atoms with van der Waals surface area (Å²) in [6.45, 7) is 1.80. The van der Waals surface area contributed by atoms with Gasteiger partial charge in [0.25, 0.3) is 0 Å². The minimum atomic E-state index is -0.0121. The van der Waals surface area contributed by atoms with E-state index in [-0.39, 0.29) is 11.1 Å². The van der Waals surface area contributed by atoms with Gasteiger partial charge < -0.3 is 0 Å². The Morgan fingerprint density at radius 3 is 2.62 bits per heavy atom. The van der Waals surface area contributed by atoms with Crippen molar-refractivity contribution in [1.29, 1.82) is 0 Å². The molecular formula is C9H7BrCl2O. The molecule has 0 atom stereocenters. The SMILES string of the molecule is Cc1c(Cl)cc(Cl)cc1C(=O)CBr. The highest BCUT2D eigenvalue weighted by Crippen LogP contribution is 2.25. The molecule has 0 aliphatic rings. The summed E-state index contributed by atoms with van der Waals surface area (Å²) in [5, 5.41) is 1.29. The largest absolute Gasteiger partial charge is 0.293 e. The lowest BCUT2D eigenvalue weighted by Crippen LogP contribution is -2.02. The fourth-order valence-corrected chi connectivity index (χ4v) is 1.80. The van der Waals surface area contributed by atoms with Gasteiger partial charge in [0.2, 0.25) is 0 Å². The fourth-order valence-electron chi connectivity index (χ4n) is 1.01. The molecule has 0 saturated carbocycles. The smallest absolute Gasteiger partial charge is 0.173 e. The maximum absolute atomic E-state index is 11.4. The average Bonchev–Trinajstić information content (AvgIpc) is 2.10. The van der Waals surface area contributed by atoms with Crippen LogP contribution in [0.1, 0.15) is 15.9 Å². The van der Waals surface area contributed by atoms with Crippen molar-refractivity contribution >= 4 is 44.9 Å². The van der Waals surface area contributed by atoms with E-state index >= 15 is 0 Å². The van der Waals surface area contributed by atoms with Gasteiger partial charge in [-0.1, -0.05) is 39.1 Å². The predicted molar refractivity (Wildman–Crippen MR) is 59.3 cm³/mol. The van der Waals surface area contributed by atoms with Gasteiger partial charge in [0.05, 0.1) is 5.33 Å². The van der Waals surface area contributed by atoms with E-state index in [0.29, 0.717) is 15.6 Å². The third-order valence-corrected chi connectivity index (χ3v) is 2.85. The summed E-state index contributed by atoms with van der Waals surface area (Å²) in [5.41, 5.74) is 1.35. The van der Waals surface area contributed by atoms with Crippen LogP contribution in [0.3, 0.4) is 0 Å². The molecule has 70 valence electrons. The molecule has 1 aromatic carbocycles. The highest BCUT2D eigenvalue weighted by atomic mass is 79.9. The lowest BCUT2D eigenvalue weighted by Gasteiger charge is -2.05. The van der Waals surface area contributed by atoms with Crippen LogP contribution in [0.4, 0.5) is 0 Å². The summed E-state index contributed by atoms with van der Waals surface area (Å²) >= 11 is 14.7. The van der Waals surface area contributed by atoms with E-state index in [1.54, 1.807) is 19.1 Å². The van der Waals surface area contributed by atoms with Crippen molar-refractivity contribution in [2.75, 3.05) is 5.33 Å². The first-order valence-electron chi connectivity index (χ1n) is 3.61. The molecular weight excluding hydrogens is 275 g/mol. The summed E-state index contributed by atoms with van der Waals surface area (Å²) < 4.78 is 0. The maximum Gasteiger partial charge on any atom is 0.173 e. The molecule has 1 rings (SSSR count). The normalized spacial score (nSPS) is 10.2. The van der Waals surface area contributed by atoms with Gasteiger partial charge in [0.1, 0.15) is 0 Å². The first-order chi connectivity index (χ1) is 6.06. The molecule has 0 radical (unpaired) electrons. The number of rotatable bonds is 2. The van der Waals surface area contributed by atoms with Gasteiger partial charge in [-0.2, -0.15) is 0 Å². The van der Waals surface area contributed by atoms with Crippen molar-refractivity contribution in [1.82, 2.24) is 0 Å². The zero-order valence-electron chi connectivity index (χ0n) is 6.90. The Bertz CT molecular complexity index is 350. The summed E-state index contributed by atoms with van der Waals surface area (Å²) in [7, 11) is 0. The first kappa shape index (κ1) is 11.0. The molecule has 0 saturated heterocycles. The summed E-state index contributed by atoms with van der Waals surface area (Å²) in [6, 6.07) is 3.26. The van der Waals surface area contributed by atoms with Crippen molar-refractivity contribution in [3.63, 3.8) is 0 Å². The number of hydrogen-bond acceptors (Lipinski definition) is 1. The zero-order chi connectivity index (χ0) is 10.0. The van der Waals surface area contributed by atoms with Crippen LogP contribution in [0.2, 0.25) is 10.0 Å². The monoisotopic (exact) mass is 280 g/mol. The Balaban J connectivity index is 3.28. The minimum Gasteiger partial charge on any atom is -0.293 e. The molecule has 0 heterocycles. The lowest BCUT2D eigenvalue weighted by atomic mass is 10.1. The average molecular weight is 282 g/mol. The van der Waals surface area contributed by atoms with Gasteiger partial charge in [-0.25, -0.2) is 0 Å². The second kappa shape index (κ2) is 4.45. The Morgan fingerprint density at radius 1 is 1.46 bits per heavy atom. The van der Waals surface area contributed by atoms with Crippen LogP contribution in [0.5, 0.6) is 0 Å². The van der Waals surface area contributed by atoms with Crippen LogP contribution >= 0.6 is 39.1 Å². The van der Waals surface area contributed by atoms with E-state index in [4.69, 9.17) is 23.2 Å². The number of benzene rings is 1. The Kier molecular flexibility index (Phi) is 3.77. The highest BCUT2D eigenvalue weighted by molar-refractivity contribution is 9.09. The number of Topliss-reactive ketones (excluding diaryl/α,β-unsaturated/α-hetero) is 1. The second-order valence-electron chi connectivity index (χ2n) is 2.62. The third kappa shape index (κ3) is 2.46. The fraction of sp³-hybridized carbons (Fsp3) is 0.222. The van der Waals surface area contributed by atoms with Gasteiger partial charge in [-0.15, -0.1) is 0 Å². The number of alkyl halides is 1. The van der Waals surface area contributed by atoms with E-state index in [1.165, 1.54) is 0 Å². The van der Waals surface area contributed by atoms with Crippen molar-refractivity contribution in [2.45, 2.75) is 6.92 Å². The number of halogens is 3. The topological polar surface area (TPSA) is 17.1 Å². The van der Waals surface area contributed by atoms with E-state index in [2.05, 4.69) is 15.9 Å². The molecule has 0 bridgehead atoms. The Labute approximate surface area is 95.2 Å². The molecule has 0 unspecified atom stereocenters. The Morgan fingerprint density at radius 2 is 2.08 bits per heavy atom. The predicted octanol–water partition coefficient (Wildman–Crippen LogP) is 3.88. The van der Waals surface area contributed by atoms with E-state index in [9.17, 15) is 4.79 Å². The molecule has 0 aromatic heterocycles. The zero-order valence-corrected chi connectivity index (χ0v) is 10.0. The van der Waals surface area contributed by atoms with Crippen LogP contribution in [0.25, 0.3) is 0 Å². The molecule has 0 aliphatic heterocycles. The van der Waals surface area contributed by atoms with E-state index < -0.39 is 0 Å². The summed E-state index contributed by atoms with van der Waals surface area (Å²) in [4.78, 5) is 11.4. The molecule has 0 spiro atoms. The van der Waals surface area contributed by atoms with Crippen LogP contribution in [-0.4, -0.2) is 11.1 Å². The van der Waals surface area contributed by atoms with Crippen molar-refractivity contribution in [2.24, 2.45) is 0 Å². The molecule has 0 amide bonds. The number of carbonyl (C=O) groups is 1. The Hall–Kier alpha value is -0.0500. The summed E-state index contributed by atoms with van der Waals surface area (Å²) in [6.07, 6.45) is 0. The van der Waals surface area contributed by atoms with Crippen molar-refractivity contribution in [3.8, 4) is 0 Å². The molecule has 0 fully saturated rings. The number of ketones is 1. The van der Waals surface area contributed by atoms with Crippen LogP contribution in [-0.2, 0) is 0 Å². The molecule has 0 aliphatic carbocycles. The van der Waals surface area contributed by atoms with Crippen LogP contribution < -0.4 is 0 Å². The second-order valence-corrected chi connectivity index (χ2v) is 4.02. The van der Waals surface area contributed by atoms with Gasteiger partial charge in [-0.3, -0.25) is 4.79 Å². The maximum atomic E-state index is 11.4. The standard InChI is InChI=1S/C9H7BrCl2O/c1-5-7(9(13)4-10)2-6(11)3-8(5)12/h2-3H,4H2,1H3. The molecule has 1 aromatic rings. The third-order valence-electron chi connectivity index (χ3n) is 1.73. The quantitative estimate of drug-likeness (QED) is 0.594. The van der Waals surface area contributed by atoms with E-state index in [0.717, 1.165) is 5.56 Å². The number of carbonyl (C=O) groups excluding carboxylic acids is 1. The molecule has 0 N–H and O–H groups in total. The first-order valence-corrected chi connectivity index (χ1v) is 5.49. The van der Waals surface area contributed by atoms with E-state index in [1.807, 2.05) is 0 Å². The summed E-state index contributed by atoms with van der Waals surface area (Å²) in [5.74, 6) is -0.0121.